The number of benzene rings is 3. The molecule has 0 radical (unpaired) electrons. The first-order valence-corrected chi connectivity index (χ1v) is 14.6. The second-order valence-corrected chi connectivity index (χ2v) is 11.2. The molecule has 0 aliphatic carbocycles. The summed E-state index contributed by atoms with van der Waals surface area (Å²) in [6.07, 6.45) is 1.89. The molecular weight excluding hydrogens is 573 g/mol. The van der Waals surface area contributed by atoms with Crippen LogP contribution in [0.5, 0.6) is 0 Å². The van der Waals surface area contributed by atoms with Gasteiger partial charge in [-0.15, -0.1) is 0 Å². The maximum Gasteiger partial charge on any atom is 0.254 e. The normalized spacial score (nSPS) is 13.6. The highest BCUT2D eigenvalue weighted by atomic mass is 35.5. The molecule has 1 aliphatic heterocycles. The number of hydrogen-bond donors (Lipinski definition) is 1. The van der Waals surface area contributed by atoms with Crippen molar-refractivity contribution in [3.05, 3.63) is 99.7 Å². The fraction of sp³-hybridized carbons (Fsp3) is 0.281. The average Bonchev–Trinajstić information content (AvgIpc) is 3.41. The van der Waals surface area contributed by atoms with E-state index < -0.39 is 0 Å². The first-order valence-electron chi connectivity index (χ1n) is 13.8. The Morgan fingerprint density at radius 3 is 2.26 bits per heavy atom. The van der Waals surface area contributed by atoms with Crippen LogP contribution in [0.25, 0.3) is 16.9 Å². The smallest absolute Gasteiger partial charge is 0.254 e. The van der Waals surface area contributed by atoms with E-state index in [1.165, 1.54) is 5.56 Å². The van der Waals surface area contributed by atoms with Crippen molar-refractivity contribution in [3.8, 4) is 16.9 Å². The van der Waals surface area contributed by atoms with Gasteiger partial charge in [0.05, 0.1) is 18.9 Å². The SMILES string of the molecule is Cc1ccc(-n2cc(-c3ccc(Cl)cc3)nc2NC(=O)CN(CCN2CCOCC2)C(=O)c2ccc(Cl)cc2)cc1C. The van der Waals surface area contributed by atoms with Gasteiger partial charge in [-0.25, -0.2) is 4.98 Å². The van der Waals surface area contributed by atoms with E-state index in [4.69, 9.17) is 32.9 Å². The molecule has 5 rings (SSSR count). The minimum Gasteiger partial charge on any atom is -0.379 e. The minimum absolute atomic E-state index is 0.137. The van der Waals surface area contributed by atoms with Gasteiger partial charge < -0.3 is 9.64 Å². The van der Waals surface area contributed by atoms with E-state index in [2.05, 4.69) is 23.2 Å². The van der Waals surface area contributed by atoms with Crippen molar-refractivity contribution in [2.75, 3.05) is 51.3 Å². The van der Waals surface area contributed by atoms with Gasteiger partial charge in [0, 0.05) is 59.2 Å². The standard InChI is InChI=1S/C32H33Cl2N5O3/c1-22-3-12-28(19-23(22)2)39-20-29(24-4-8-26(33)9-5-24)35-32(39)36-30(40)21-38(14-13-37-15-17-42-18-16-37)31(41)25-6-10-27(34)11-7-25/h3-12,19-20H,13-18,21H2,1-2H3,(H,35,36,40). The zero-order valence-corrected chi connectivity index (χ0v) is 25.2. The largest absolute Gasteiger partial charge is 0.379 e. The molecule has 0 atom stereocenters. The van der Waals surface area contributed by atoms with Crippen LogP contribution in [0.15, 0.2) is 72.9 Å². The van der Waals surface area contributed by atoms with E-state index in [9.17, 15) is 9.59 Å². The van der Waals surface area contributed by atoms with Gasteiger partial charge in [-0.1, -0.05) is 41.4 Å². The third kappa shape index (κ3) is 7.38. The summed E-state index contributed by atoms with van der Waals surface area (Å²) in [6.45, 7) is 7.87. The molecular formula is C32H33Cl2N5O3. The number of hydrogen-bond acceptors (Lipinski definition) is 5. The number of morpholine rings is 1. The maximum absolute atomic E-state index is 13.5. The van der Waals surface area contributed by atoms with E-state index in [0.29, 0.717) is 53.6 Å². The summed E-state index contributed by atoms with van der Waals surface area (Å²) in [4.78, 5) is 35.6. The predicted octanol–water partition coefficient (Wildman–Crippen LogP) is 5.88. The molecule has 1 aromatic heterocycles. The van der Waals surface area contributed by atoms with Gasteiger partial charge in [0.2, 0.25) is 11.9 Å². The van der Waals surface area contributed by atoms with Crippen LogP contribution in [-0.2, 0) is 9.53 Å². The Hall–Kier alpha value is -3.69. The lowest BCUT2D eigenvalue weighted by molar-refractivity contribution is -0.117. The lowest BCUT2D eigenvalue weighted by Crippen LogP contribution is -2.45. The molecule has 1 aliphatic rings. The van der Waals surface area contributed by atoms with Gasteiger partial charge in [0.15, 0.2) is 0 Å². The van der Waals surface area contributed by atoms with Crippen LogP contribution in [-0.4, -0.2) is 77.1 Å². The Balaban J connectivity index is 1.40. The minimum atomic E-state index is -0.349. The fourth-order valence-electron chi connectivity index (χ4n) is 4.75. The van der Waals surface area contributed by atoms with Crippen molar-refractivity contribution in [3.63, 3.8) is 0 Å². The van der Waals surface area contributed by atoms with Crippen LogP contribution >= 0.6 is 23.2 Å². The van der Waals surface area contributed by atoms with Crippen LogP contribution in [0, 0.1) is 13.8 Å². The molecule has 3 aromatic carbocycles. The fourth-order valence-corrected chi connectivity index (χ4v) is 5.00. The van der Waals surface area contributed by atoms with Crippen molar-refractivity contribution in [1.82, 2.24) is 19.4 Å². The Kier molecular flexibility index (Phi) is 9.59. The molecule has 1 N–H and O–H groups in total. The number of nitrogens with zero attached hydrogens (tertiary/aromatic N) is 4. The van der Waals surface area contributed by atoms with Crippen molar-refractivity contribution < 1.29 is 14.3 Å². The first-order chi connectivity index (χ1) is 20.3. The number of aryl methyl sites for hydroxylation is 2. The topological polar surface area (TPSA) is 79.7 Å². The number of anilines is 1. The summed E-state index contributed by atoms with van der Waals surface area (Å²) in [6, 6.07) is 20.2. The quantitative estimate of drug-likeness (QED) is 0.258. The van der Waals surface area contributed by atoms with Crippen LogP contribution in [0.4, 0.5) is 5.95 Å². The highest BCUT2D eigenvalue weighted by Crippen LogP contribution is 2.26. The molecule has 218 valence electrons. The number of aromatic nitrogens is 2. The summed E-state index contributed by atoms with van der Waals surface area (Å²) in [5, 5.41) is 4.14. The van der Waals surface area contributed by atoms with Crippen LogP contribution in [0.2, 0.25) is 10.0 Å². The van der Waals surface area contributed by atoms with Gasteiger partial charge >= 0.3 is 0 Å². The van der Waals surface area contributed by atoms with Crippen LogP contribution in [0.3, 0.4) is 0 Å². The average molecular weight is 607 g/mol. The number of ether oxygens (including phenoxy) is 1. The predicted molar refractivity (Wildman–Crippen MR) is 167 cm³/mol. The van der Waals surface area contributed by atoms with Gasteiger partial charge in [-0.2, -0.15) is 0 Å². The second kappa shape index (κ2) is 13.5. The van der Waals surface area contributed by atoms with E-state index in [1.54, 1.807) is 41.3 Å². The molecule has 0 saturated carbocycles. The van der Waals surface area contributed by atoms with Crippen molar-refractivity contribution in [2.24, 2.45) is 0 Å². The molecule has 10 heteroatoms. The van der Waals surface area contributed by atoms with Gasteiger partial charge in [0.25, 0.3) is 5.91 Å². The van der Waals surface area contributed by atoms with Gasteiger partial charge in [-0.05, 0) is 73.5 Å². The molecule has 0 spiro atoms. The van der Waals surface area contributed by atoms with E-state index in [0.717, 1.165) is 29.9 Å². The molecule has 0 bridgehead atoms. The summed E-state index contributed by atoms with van der Waals surface area (Å²) in [5.41, 5.74) is 5.16. The molecule has 4 aromatic rings. The monoisotopic (exact) mass is 605 g/mol. The van der Waals surface area contributed by atoms with Crippen LogP contribution in [0.1, 0.15) is 21.5 Å². The Morgan fingerprint density at radius 2 is 1.60 bits per heavy atom. The van der Waals surface area contributed by atoms with E-state index in [1.807, 2.05) is 42.0 Å². The molecule has 42 heavy (non-hydrogen) atoms. The summed E-state index contributed by atoms with van der Waals surface area (Å²) in [5.74, 6) is -0.229. The molecule has 2 amide bonds. The zero-order chi connectivity index (χ0) is 29.6. The maximum atomic E-state index is 13.5. The first kappa shape index (κ1) is 29.8. The molecule has 0 unspecified atom stereocenters. The second-order valence-electron chi connectivity index (χ2n) is 10.3. The third-order valence-corrected chi connectivity index (χ3v) is 7.87. The summed E-state index contributed by atoms with van der Waals surface area (Å²) >= 11 is 12.2. The Labute approximate surface area is 255 Å². The van der Waals surface area contributed by atoms with E-state index >= 15 is 0 Å². The number of amides is 2. The summed E-state index contributed by atoms with van der Waals surface area (Å²) < 4.78 is 7.31. The molecule has 2 heterocycles. The lowest BCUT2D eigenvalue weighted by Gasteiger charge is -2.30. The third-order valence-electron chi connectivity index (χ3n) is 7.37. The van der Waals surface area contributed by atoms with Gasteiger partial charge in [0.1, 0.15) is 6.54 Å². The molecule has 1 fully saturated rings. The number of halogens is 2. The number of carbonyl (C=O) groups is 2. The van der Waals surface area contributed by atoms with Gasteiger partial charge in [-0.3, -0.25) is 24.4 Å². The van der Waals surface area contributed by atoms with Crippen molar-refractivity contribution >= 4 is 41.0 Å². The zero-order valence-electron chi connectivity index (χ0n) is 23.6. The Bertz CT molecular complexity index is 1550. The van der Waals surface area contributed by atoms with E-state index in [-0.39, 0.29) is 18.4 Å². The number of carbonyl (C=O) groups excluding carboxylic acids is 2. The number of rotatable bonds is 9. The number of imidazole rings is 1. The molecule has 1 saturated heterocycles. The lowest BCUT2D eigenvalue weighted by atomic mass is 10.1. The molecule has 8 nitrogen and oxygen atoms in total. The van der Waals surface area contributed by atoms with Crippen LogP contribution < -0.4 is 5.32 Å². The van der Waals surface area contributed by atoms with Crippen molar-refractivity contribution in [2.45, 2.75) is 13.8 Å². The number of nitrogens with one attached hydrogen (secondary N) is 1. The Morgan fingerprint density at radius 1 is 0.929 bits per heavy atom. The highest BCUT2D eigenvalue weighted by Gasteiger charge is 2.22. The highest BCUT2D eigenvalue weighted by molar-refractivity contribution is 6.31. The van der Waals surface area contributed by atoms with Crippen molar-refractivity contribution in [1.29, 1.82) is 0 Å². The summed E-state index contributed by atoms with van der Waals surface area (Å²) in [7, 11) is 0.